The van der Waals surface area contributed by atoms with Gasteiger partial charge in [0.05, 0.1) is 13.7 Å². The minimum absolute atomic E-state index is 0.0117. The molecule has 3 atom stereocenters. The van der Waals surface area contributed by atoms with Crippen LogP contribution in [0.2, 0.25) is 0 Å². The number of aliphatic hydroxyl groups excluding tert-OH is 1. The summed E-state index contributed by atoms with van der Waals surface area (Å²) < 4.78 is 5.26. The maximum Gasteiger partial charge on any atom is 0.243 e. The summed E-state index contributed by atoms with van der Waals surface area (Å²) in [5.74, 6) is -0.532. The van der Waals surface area contributed by atoms with Crippen LogP contribution in [0, 0.1) is 11.8 Å². The van der Waals surface area contributed by atoms with Gasteiger partial charge in [0, 0.05) is 30.9 Å². The predicted octanol–water partition coefficient (Wildman–Crippen LogP) is 1.93. The van der Waals surface area contributed by atoms with E-state index in [2.05, 4.69) is 16.0 Å². The maximum absolute atomic E-state index is 13.1. The van der Waals surface area contributed by atoms with Gasteiger partial charge in [-0.15, -0.1) is 0 Å². The molecule has 194 valence electrons. The second-order valence-electron chi connectivity index (χ2n) is 9.94. The van der Waals surface area contributed by atoms with Crippen molar-refractivity contribution in [2.45, 2.75) is 71.4 Å². The first-order chi connectivity index (χ1) is 16.5. The number of ether oxygens (including phenoxy) is 1. The minimum Gasteiger partial charge on any atom is -0.497 e. The molecule has 1 aliphatic rings. The summed E-state index contributed by atoms with van der Waals surface area (Å²) >= 11 is 0. The molecule has 4 N–H and O–H groups in total. The van der Waals surface area contributed by atoms with Crippen LogP contribution in [0.25, 0.3) is 0 Å². The van der Waals surface area contributed by atoms with Gasteiger partial charge < -0.3 is 25.8 Å². The van der Waals surface area contributed by atoms with Crippen molar-refractivity contribution in [1.82, 2.24) is 16.0 Å². The van der Waals surface area contributed by atoms with Gasteiger partial charge in [-0.1, -0.05) is 27.7 Å². The van der Waals surface area contributed by atoms with E-state index in [1.807, 2.05) is 27.7 Å². The van der Waals surface area contributed by atoms with Gasteiger partial charge in [-0.2, -0.15) is 0 Å². The number of nitrogens with one attached hydrogen (secondary N) is 3. The van der Waals surface area contributed by atoms with Gasteiger partial charge in [0.15, 0.2) is 5.78 Å². The van der Waals surface area contributed by atoms with Crippen molar-refractivity contribution < 1.29 is 29.0 Å². The molecule has 0 spiro atoms. The second kappa shape index (κ2) is 13.2. The fourth-order valence-electron chi connectivity index (χ4n) is 4.34. The highest BCUT2D eigenvalue weighted by Gasteiger charge is 2.33. The number of aliphatic hydroxyl groups is 1. The molecule has 0 saturated heterocycles. The summed E-state index contributed by atoms with van der Waals surface area (Å²) in [7, 11) is 1.55. The zero-order valence-corrected chi connectivity index (χ0v) is 21.3. The Kier molecular flexibility index (Phi) is 10.7. The Hall–Kier alpha value is -2.94. The number of methoxy groups -OCH3 is 1. The minimum atomic E-state index is -0.815. The number of carbonyl (C=O) groups is 4. The van der Waals surface area contributed by atoms with Crippen molar-refractivity contribution >= 4 is 23.5 Å². The average molecular weight is 490 g/mol. The molecule has 1 aromatic carbocycles. The number of hydrogen-bond acceptors (Lipinski definition) is 6. The Morgan fingerprint density at radius 2 is 1.66 bits per heavy atom. The van der Waals surface area contributed by atoms with Crippen LogP contribution in [0.5, 0.6) is 5.75 Å². The summed E-state index contributed by atoms with van der Waals surface area (Å²) in [6.07, 6.45) is 1.13. The van der Waals surface area contributed by atoms with E-state index in [0.717, 1.165) is 5.56 Å². The van der Waals surface area contributed by atoms with Crippen LogP contribution >= 0.6 is 0 Å². The smallest absolute Gasteiger partial charge is 0.243 e. The lowest BCUT2D eigenvalue weighted by Gasteiger charge is -2.25. The van der Waals surface area contributed by atoms with Crippen LogP contribution in [0.15, 0.2) is 18.2 Å². The zero-order chi connectivity index (χ0) is 26.1. The number of carbonyl (C=O) groups excluding carboxylic acids is 4. The van der Waals surface area contributed by atoms with Gasteiger partial charge in [0.1, 0.15) is 17.8 Å². The predicted molar refractivity (Wildman–Crippen MR) is 132 cm³/mol. The standard InChI is InChI=1S/C26H39N3O6/c1-15(2)10-21(25(33)27-8-9-30)29-26(34)22(11-16(3)4)28-24(32)13-17-12-23(31)19-7-6-18(35-5)14-20(17)19/h6-7,14-17,21-22,30H,8-13H2,1-5H3,(H,27,33)(H,28,32)(H,29,34)/t17?,21-,22+/m1/s1. The molecule has 0 radical (unpaired) electrons. The molecule has 0 bridgehead atoms. The maximum atomic E-state index is 13.1. The average Bonchev–Trinajstić information content (AvgIpc) is 3.10. The lowest BCUT2D eigenvalue weighted by molar-refractivity contribution is -0.132. The molecule has 0 saturated carbocycles. The lowest BCUT2D eigenvalue weighted by Crippen LogP contribution is -2.54. The van der Waals surface area contributed by atoms with Crippen LogP contribution in [-0.2, 0) is 14.4 Å². The Bertz CT molecular complexity index is 914. The van der Waals surface area contributed by atoms with Gasteiger partial charge in [0.2, 0.25) is 17.7 Å². The Morgan fingerprint density at radius 1 is 1.03 bits per heavy atom. The van der Waals surface area contributed by atoms with E-state index in [4.69, 9.17) is 9.84 Å². The number of hydrogen-bond donors (Lipinski definition) is 4. The van der Waals surface area contributed by atoms with Crippen LogP contribution < -0.4 is 20.7 Å². The van der Waals surface area contributed by atoms with Crippen molar-refractivity contribution in [1.29, 1.82) is 0 Å². The highest BCUT2D eigenvalue weighted by molar-refractivity contribution is 6.02. The van der Waals surface area contributed by atoms with Crippen LogP contribution in [0.1, 0.15) is 75.2 Å². The molecule has 35 heavy (non-hydrogen) atoms. The molecule has 9 heteroatoms. The summed E-state index contributed by atoms with van der Waals surface area (Å²) in [5.41, 5.74) is 1.39. The molecule has 0 aliphatic heterocycles. The van der Waals surface area contributed by atoms with E-state index >= 15 is 0 Å². The molecule has 1 aromatic rings. The summed E-state index contributed by atoms with van der Waals surface area (Å²) in [5, 5.41) is 17.2. The normalized spacial score (nSPS) is 16.6. The van der Waals surface area contributed by atoms with E-state index in [-0.39, 0.29) is 61.3 Å². The third-order valence-electron chi connectivity index (χ3n) is 5.97. The molecule has 9 nitrogen and oxygen atoms in total. The number of amides is 3. The quantitative estimate of drug-likeness (QED) is 0.335. The van der Waals surface area contributed by atoms with Gasteiger partial charge in [-0.25, -0.2) is 0 Å². The van der Waals surface area contributed by atoms with Crippen LogP contribution in [-0.4, -0.2) is 61.0 Å². The van der Waals surface area contributed by atoms with Crippen molar-refractivity contribution in [3.8, 4) is 5.75 Å². The zero-order valence-electron chi connectivity index (χ0n) is 21.3. The first-order valence-electron chi connectivity index (χ1n) is 12.2. The fourth-order valence-corrected chi connectivity index (χ4v) is 4.34. The largest absolute Gasteiger partial charge is 0.497 e. The first kappa shape index (κ1) is 28.3. The topological polar surface area (TPSA) is 134 Å². The molecule has 3 amide bonds. The van der Waals surface area contributed by atoms with E-state index in [1.54, 1.807) is 25.3 Å². The Labute approximate surface area is 207 Å². The van der Waals surface area contributed by atoms with Crippen molar-refractivity contribution in [2.24, 2.45) is 11.8 Å². The van der Waals surface area contributed by atoms with Crippen LogP contribution in [0.3, 0.4) is 0 Å². The first-order valence-corrected chi connectivity index (χ1v) is 12.2. The molecule has 1 unspecified atom stereocenters. The fraction of sp³-hybridized carbons (Fsp3) is 0.615. The van der Waals surface area contributed by atoms with Gasteiger partial charge in [-0.05, 0) is 48.4 Å². The molecule has 2 rings (SSSR count). The molecule has 0 fully saturated rings. The Morgan fingerprint density at radius 3 is 2.23 bits per heavy atom. The highest BCUT2D eigenvalue weighted by Crippen LogP contribution is 2.37. The monoisotopic (exact) mass is 489 g/mol. The van der Waals surface area contributed by atoms with E-state index in [1.165, 1.54) is 0 Å². The highest BCUT2D eigenvalue weighted by atomic mass is 16.5. The Balaban J connectivity index is 2.10. The van der Waals surface area contributed by atoms with Crippen molar-refractivity contribution in [3.63, 3.8) is 0 Å². The summed E-state index contributed by atoms with van der Waals surface area (Å²) in [6.45, 7) is 7.69. The number of ketones is 1. The van der Waals surface area contributed by atoms with Crippen molar-refractivity contribution in [3.05, 3.63) is 29.3 Å². The summed E-state index contributed by atoms with van der Waals surface area (Å²) in [4.78, 5) is 51.0. The molecular weight excluding hydrogens is 450 g/mol. The summed E-state index contributed by atoms with van der Waals surface area (Å²) in [6, 6.07) is 3.65. The number of rotatable bonds is 13. The van der Waals surface area contributed by atoms with Gasteiger partial charge in [0.25, 0.3) is 0 Å². The molecule has 0 heterocycles. The van der Waals surface area contributed by atoms with Crippen molar-refractivity contribution in [2.75, 3.05) is 20.3 Å². The van der Waals surface area contributed by atoms with Gasteiger partial charge >= 0.3 is 0 Å². The number of fused-ring (bicyclic) bond motifs is 1. The van der Waals surface area contributed by atoms with Gasteiger partial charge in [-0.3, -0.25) is 19.2 Å². The lowest BCUT2D eigenvalue weighted by atomic mass is 9.96. The second-order valence-corrected chi connectivity index (χ2v) is 9.94. The SMILES string of the molecule is COc1ccc2c(c1)C(CC(=O)N[C@@H](CC(C)C)C(=O)N[C@H](CC(C)C)C(=O)NCCO)CC2=O. The van der Waals surface area contributed by atoms with E-state index in [9.17, 15) is 19.2 Å². The number of benzene rings is 1. The third-order valence-corrected chi connectivity index (χ3v) is 5.97. The number of Topliss-reactive ketones (excluding diaryl/α,β-unsaturated/α-hetero) is 1. The third kappa shape index (κ3) is 8.35. The molecule has 1 aliphatic carbocycles. The van der Waals surface area contributed by atoms with Crippen LogP contribution in [0.4, 0.5) is 0 Å². The van der Waals surface area contributed by atoms with E-state index < -0.39 is 18.0 Å². The molecule has 0 aromatic heterocycles. The molecular formula is C26H39N3O6. The van der Waals surface area contributed by atoms with E-state index in [0.29, 0.717) is 24.2 Å².